The van der Waals surface area contributed by atoms with Gasteiger partial charge < -0.3 is 9.84 Å². The van der Waals surface area contributed by atoms with Gasteiger partial charge in [0.05, 0.1) is 0 Å². The number of rotatable bonds is 4. The van der Waals surface area contributed by atoms with Crippen molar-refractivity contribution in [3.63, 3.8) is 0 Å². The largest absolute Gasteiger partial charge is 0.475 e. The zero-order valence-electron chi connectivity index (χ0n) is 10.8. The molecule has 2 rings (SSSR count). The molecule has 2 aromatic rings. The Bertz CT molecular complexity index is 628. The van der Waals surface area contributed by atoms with E-state index in [4.69, 9.17) is 4.74 Å². The molecule has 0 radical (unpaired) electrons. The lowest BCUT2D eigenvalue weighted by Gasteiger charge is -2.06. The summed E-state index contributed by atoms with van der Waals surface area (Å²) in [5.74, 6) is -0.737. The van der Waals surface area contributed by atoms with Crippen molar-refractivity contribution in [3.05, 3.63) is 69.9 Å². The monoisotopic (exact) mass is 332 g/mol. The minimum absolute atomic E-state index is 0.115. The highest BCUT2D eigenvalue weighted by molar-refractivity contribution is 9.10. The van der Waals surface area contributed by atoms with Crippen molar-refractivity contribution < 1.29 is 14.6 Å². The molecule has 0 fully saturated rings. The van der Waals surface area contributed by atoms with Crippen LogP contribution in [0.1, 0.15) is 11.1 Å². The molecule has 0 amide bonds. The molecule has 0 heterocycles. The summed E-state index contributed by atoms with van der Waals surface area (Å²) in [6, 6.07) is 14.5. The van der Waals surface area contributed by atoms with Crippen molar-refractivity contribution in [1.29, 1.82) is 0 Å². The number of carbonyl (C=O) groups is 1. The number of hydrogen-bond acceptors (Lipinski definition) is 2. The predicted octanol–water partition coefficient (Wildman–Crippen LogP) is 4.26. The summed E-state index contributed by atoms with van der Waals surface area (Å²) in [4.78, 5) is 11.2. The van der Waals surface area contributed by atoms with E-state index < -0.39 is 5.97 Å². The normalized spacial score (nSPS) is 11.2. The van der Waals surface area contributed by atoms with Gasteiger partial charge in [-0.15, -0.1) is 0 Å². The number of ether oxygens (including phenoxy) is 1. The lowest BCUT2D eigenvalue weighted by atomic mass is 10.1. The van der Waals surface area contributed by atoms with Gasteiger partial charge in [0, 0.05) is 4.47 Å². The first-order chi connectivity index (χ1) is 9.54. The second-order valence-electron chi connectivity index (χ2n) is 4.28. The summed E-state index contributed by atoms with van der Waals surface area (Å²) in [6.07, 6.45) is 1.50. The first-order valence-electron chi connectivity index (χ1n) is 6.00. The highest BCUT2D eigenvalue weighted by Crippen LogP contribution is 2.19. The fourth-order valence-electron chi connectivity index (χ4n) is 1.58. The minimum Gasteiger partial charge on any atom is -0.475 e. The molecule has 0 aliphatic rings. The minimum atomic E-state index is -1.10. The second kappa shape index (κ2) is 6.39. The van der Waals surface area contributed by atoms with Crippen molar-refractivity contribution in [2.45, 2.75) is 6.92 Å². The Morgan fingerprint density at radius 3 is 2.25 bits per heavy atom. The highest BCUT2D eigenvalue weighted by Gasteiger charge is 2.10. The molecule has 0 bridgehead atoms. The SMILES string of the molecule is Cc1ccc(/C=C(\Oc2ccc(Br)cc2)C(=O)O)cc1. The van der Waals surface area contributed by atoms with Crippen LogP contribution >= 0.6 is 15.9 Å². The lowest BCUT2D eigenvalue weighted by molar-refractivity contribution is -0.134. The molecule has 0 spiro atoms. The Kier molecular flexibility index (Phi) is 4.58. The van der Waals surface area contributed by atoms with Crippen LogP contribution in [0.2, 0.25) is 0 Å². The Labute approximate surface area is 125 Å². The van der Waals surface area contributed by atoms with Gasteiger partial charge in [-0.2, -0.15) is 0 Å². The fourth-order valence-corrected chi connectivity index (χ4v) is 1.84. The zero-order chi connectivity index (χ0) is 14.5. The van der Waals surface area contributed by atoms with Crippen LogP contribution in [0, 0.1) is 6.92 Å². The number of halogens is 1. The molecule has 0 saturated carbocycles. The van der Waals surface area contributed by atoms with E-state index in [-0.39, 0.29) is 5.76 Å². The highest BCUT2D eigenvalue weighted by atomic mass is 79.9. The third-order valence-corrected chi connectivity index (χ3v) is 3.16. The van der Waals surface area contributed by atoms with E-state index in [1.165, 1.54) is 6.08 Å². The van der Waals surface area contributed by atoms with Crippen LogP contribution in [0.25, 0.3) is 6.08 Å². The quantitative estimate of drug-likeness (QED) is 0.672. The molecule has 0 aliphatic heterocycles. The Morgan fingerprint density at radius 2 is 1.70 bits per heavy atom. The average Bonchev–Trinajstić information content (AvgIpc) is 2.42. The van der Waals surface area contributed by atoms with Crippen LogP contribution in [0.3, 0.4) is 0 Å². The van der Waals surface area contributed by atoms with Crippen LogP contribution in [-0.4, -0.2) is 11.1 Å². The van der Waals surface area contributed by atoms with E-state index in [0.29, 0.717) is 5.75 Å². The standard InChI is InChI=1S/C16H13BrO3/c1-11-2-4-12(5-3-11)10-15(16(18)19)20-14-8-6-13(17)7-9-14/h2-10H,1H3,(H,18,19)/b15-10-. The van der Waals surface area contributed by atoms with E-state index in [1.807, 2.05) is 31.2 Å². The van der Waals surface area contributed by atoms with Crippen molar-refractivity contribution in [3.8, 4) is 5.75 Å². The predicted molar refractivity (Wildman–Crippen MR) is 81.6 cm³/mol. The van der Waals surface area contributed by atoms with Gasteiger partial charge in [0.2, 0.25) is 5.76 Å². The number of hydrogen-bond donors (Lipinski definition) is 1. The molecule has 0 aromatic heterocycles. The van der Waals surface area contributed by atoms with Crippen molar-refractivity contribution in [2.24, 2.45) is 0 Å². The Hall–Kier alpha value is -2.07. The third kappa shape index (κ3) is 3.96. The van der Waals surface area contributed by atoms with Gasteiger partial charge in [-0.25, -0.2) is 4.79 Å². The number of aryl methyl sites for hydroxylation is 1. The fraction of sp³-hybridized carbons (Fsp3) is 0.0625. The molecular weight excluding hydrogens is 320 g/mol. The number of aliphatic carboxylic acids is 1. The first-order valence-corrected chi connectivity index (χ1v) is 6.79. The smallest absolute Gasteiger partial charge is 0.371 e. The summed E-state index contributed by atoms with van der Waals surface area (Å²) >= 11 is 3.31. The van der Waals surface area contributed by atoms with Crippen LogP contribution in [-0.2, 0) is 4.79 Å². The maximum absolute atomic E-state index is 11.2. The molecule has 20 heavy (non-hydrogen) atoms. The first kappa shape index (κ1) is 14.3. The van der Waals surface area contributed by atoms with Crippen molar-refractivity contribution >= 4 is 28.0 Å². The average molecular weight is 333 g/mol. The van der Waals surface area contributed by atoms with Gasteiger partial charge in [0.1, 0.15) is 5.75 Å². The van der Waals surface area contributed by atoms with Gasteiger partial charge in [-0.05, 0) is 42.8 Å². The van der Waals surface area contributed by atoms with E-state index in [9.17, 15) is 9.90 Å². The van der Waals surface area contributed by atoms with Crippen LogP contribution in [0.15, 0.2) is 58.8 Å². The molecular formula is C16H13BrO3. The van der Waals surface area contributed by atoms with Crippen LogP contribution in [0.4, 0.5) is 0 Å². The Balaban J connectivity index is 2.25. The Morgan fingerprint density at radius 1 is 1.10 bits per heavy atom. The summed E-state index contributed by atoms with van der Waals surface area (Å²) < 4.78 is 6.31. The number of benzene rings is 2. The molecule has 102 valence electrons. The molecule has 2 aromatic carbocycles. The molecule has 0 atom stereocenters. The summed E-state index contributed by atoms with van der Waals surface area (Å²) in [5.41, 5.74) is 1.90. The summed E-state index contributed by atoms with van der Waals surface area (Å²) in [6.45, 7) is 1.98. The molecule has 4 heteroatoms. The van der Waals surface area contributed by atoms with Gasteiger partial charge in [-0.1, -0.05) is 45.8 Å². The maximum atomic E-state index is 11.2. The van der Waals surface area contributed by atoms with E-state index in [0.717, 1.165) is 15.6 Å². The van der Waals surface area contributed by atoms with E-state index in [2.05, 4.69) is 15.9 Å². The van der Waals surface area contributed by atoms with Crippen molar-refractivity contribution in [1.82, 2.24) is 0 Å². The van der Waals surface area contributed by atoms with E-state index in [1.54, 1.807) is 24.3 Å². The molecule has 3 nitrogen and oxygen atoms in total. The number of carboxylic acids is 1. The molecule has 0 aliphatic carbocycles. The van der Waals surface area contributed by atoms with Crippen LogP contribution < -0.4 is 4.74 Å². The molecule has 0 unspecified atom stereocenters. The van der Waals surface area contributed by atoms with E-state index >= 15 is 0 Å². The second-order valence-corrected chi connectivity index (χ2v) is 5.20. The number of carboxylic acid groups (broad SMARTS) is 1. The van der Waals surface area contributed by atoms with Gasteiger partial charge in [0.15, 0.2) is 0 Å². The molecule has 0 saturated heterocycles. The van der Waals surface area contributed by atoms with Crippen molar-refractivity contribution in [2.75, 3.05) is 0 Å². The third-order valence-electron chi connectivity index (χ3n) is 2.63. The van der Waals surface area contributed by atoms with Gasteiger partial charge in [0.25, 0.3) is 0 Å². The summed E-state index contributed by atoms with van der Waals surface area (Å²) in [7, 11) is 0. The van der Waals surface area contributed by atoms with Gasteiger partial charge in [-0.3, -0.25) is 0 Å². The topological polar surface area (TPSA) is 46.5 Å². The maximum Gasteiger partial charge on any atom is 0.371 e. The van der Waals surface area contributed by atoms with Crippen LogP contribution in [0.5, 0.6) is 5.75 Å². The van der Waals surface area contributed by atoms with Gasteiger partial charge >= 0.3 is 5.97 Å². The summed E-state index contributed by atoms with van der Waals surface area (Å²) in [5, 5.41) is 9.20. The zero-order valence-corrected chi connectivity index (χ0v) is 12.4. The molecule has 1 N–H and O–H groups in total. The lowest BCUT2D eigenvalue weighted by Crippen LogP contribution is -2.07.